The zero-order valence-corrected chi connectivity index (χ0v) is 18.5. The zero-order valence-electron chi connectivity index (χ0n) is 16.6. The second kappa shape index (κ2) is 10.9. The number of rotatable bonds is 8. The van der Waals surface area contributed by atoms with Crippen molar-refractivity contribution in [3.8, 4) is 0 Å². The van der Waals surface area contributed by atoms with Crippen LogP contribution in [0.25, 0.3) is 0 Å². The second-order valence-electron chi connectivity index (χ2n) is 8.87. The lowest BCUT2D eigenvalue weighted by atomic mass is 9.76. The van der Waals surface area contributed by atoms with Crippen LogP contribution in [0.4, 0.5) is 0 Å². The van der Waals surface area contributed by atoms with Crippen molar-refractivity contribution in [2.24, 2.45) is 11.8 Å². The summed E-state index contributed by atoms with van der Waals surface area (Å²) >= 11 is 6.03. The Morgan fingerprint density at radius 1 is 0.923 bits per heavy atom. The van der Waals surface area contributed by atoms with Crippen molar-refractivity contribution in [3.63, 3.8) is 0 Å². The summed E-state index contributed by atoms with van der Waals surface area (Å²) in [5, 5.41) is 0.860. The molecule has 3 heteroatoms. The van der Waals surface area contributed by atoms with Crippen molar-refractivity contribution in [3.05, 3.63) is 34.9 Å². The molecule has 0 spiro atoms. The molecule has 0 atom stereocenters. The molecule has 26 heavy (non-hydrogen) atoms. The predicted molar refractivity (Wildman–Crippen MR) is 116 cm³/mol. The van der Waals surface area contributed by atoms with E-state index >= 15 is 0 Å². The first-order valence-electron chi connectivity index (χ1n) is 11.0. The molecule has 1 aromatic carbocycles. The van der Waals surface area contributed by atoms with E-state index in [0.717, 1.165) is 29.4 Å². The highest BCUT2D eigenvalue weighted by Crippen LogP contribution is 2.39. The van der Waals surface area contributed by atoms with E-state index in [2.05, 4.69) is 24.3 Å². The molecule has 0 N–H and O–H groups in total. The highest BCUT2D eigenvalue weighted by atomic mass is 35.5. The molecule has 1 aromatic rings. The molecule has 1 heterocycles. The Balaban J connectivity index is 1.30. The maximum Gasteiger partial charge on any atom is 0.0459 e. The van der Waals surface area contributed by atoms with Crippen molar-refractivity contribution in [2.75, 3.05) is 13.7 Å². The van der Waals surface area contributed by atoms with Crippen LogP contribution in [-0.4, -0.2) is 22.5 Å². The standard InChI is InChI=1S/C23H37ClOSi/c1-25-15-2-16-26-17-13-20(14-18-26)4-3-19-5-7-21(8-6-19)22-9-11-23(24)12-10-22/h9-12,19-21,26H,2-8,13-18H2,1H3/t19-,20-,21-,26-. The molecule has 1 aliphatic carbocycles. The zero-order chi connectivity index (χ0) is 18.2. The van der Waals surface area contributed by atoms with Gasteiger partial charge in [0.25, 0.3) is 0 Å². The Kier molecular flexibility index (Phi) is 8.54. The average Bonchev–Trinajstić information content (AvgIpc) is 2.69. The molecule has 0 radical (unpaired) electrons. The summed E-state index contributed by atoms with van der Waals surface area (Å²) in [6.07, 6.45) is 13.0. The predicted octanol–water partition coefficient (Wildman–Crippen LogP) is 7.07. The third-order valence-corrected chi connectivity index (χ3v) is 10.9. The Morgan fingerprint density at radius 3 is 2.15 bits per heavy atom. The fourth-order valence-corrected chi connectivity index (χ4v) is 8.94. The maximum atomic E-state index is 6.03. The Morgan fingerprint density at radius 2 is 1.54 bits per heavy atom. The maximum absolute atomic E-state index is 6.03. The average molecular weight is 393 g/mol. The molecular weight excluding hydrogens is 356 g/mol. The third kappa shape index (κ3) is 6.39. The minimum absolute atomic E-state index is 0.392. The van der Waals surface area contributed by atoms with E-state index in [4.69, 9.17) is 16.3 Å². The number of halogens is 1. The summed E-state index contributed by atoms with van der Waals surface area (Å²) in [5.41, 5.74) is 1.50. The molecule has 3 rings (SSSR count). The van der Waals surface area contributed by atoms with Gasteiger partial charge in [-0.3, -0.25) is 0 Å². The molecule has 146 valence electrons. The van der Waals surface area contributed by atoms with Gasteiger partial charge in [0, 0.05) is 27.5 Å². The molecule has 0 bridgehead atoms. The van der Waals surface area contributed by atoms with Crippen LogP contribution in [0.3, 0.4) is 0 Å². The summed E-state index contributed by atoms with van der Waals surface area (Å²) < 4.78 is 5.22. The van der Waals surface area contributed by atoms with Gasteiger partial charge in [0.1, 0.15) is 0 Å². The number of benzene rings is 1. The Labute approximate surface area is 167 Å². The normalized spacial score (nSPS) is 29.6. The topological polar surface area (TPSA) is 9.23 Å². The monoisotopic (exact) mass is 392 g/mol. The molecule has 1 saturated heterocycles. The van der Waals surface area contributed by atoms with E-state index in [1.54, 1.807) is 24.9 Å². The van der Waals surface area contributed by atoms with Gasteiger partial charge in [0.2, 0.25) is 0 Å². The van der Waals surface area contributed by atoms with Gasteiger partial charge in [0.15, 0.2) is 0 Å². The fraction of sp³-hybridized carbons (Fsp3) is 0.739. The van der Waals surface area contributed by atoms with E-state index in [9.17, 15) is 0 Å². The van der Waals surface area contributed by atoms with Gasteiger partial charge in [-0.15, -0.1) is 0 Å². The van der Waals surface area contributed by atoms with Crippen LogP contribution in [0.1, 0.15) is 69.3 Å². The van der Waals surface area contributed by atoms with E-state index in [1.165, 1.54) is 56.6 Å². The fourth-order valence-electron chi connectivity index (χ4n) is 5.32. The van der Waals surface area contributed by atoms with Crippen molar-refractivity contribution in [1.29, 1.82) is 0 Å². The summed E-state index contributed by atoms with van der Waals surface area (Å²) in [4.78, 5) is 0. The third-order valence-electron chi connectivity index (χ3n) is 7.10. The quantitative estimate of drug-likeness (QED) is 0.339. The van der Waals surface area contributed by atoms with Crippen molar-refractivity contribution >= 4 is 20.4 Å². The van der Waals surface area contributed by atoms with Crippen LogP contribution in [-0.2, 0) is 4.74 Å². The van der Waals surface area contributed by atoms with Gasteiger partial charge in [-0.1, -0.05) is 67.5 Å². The molecule has 2 aliphatic rings. The summed E-state index contributed by atoms with van der Waals surface area (Å²) in [7, 11) is 1.44. The molecular formula is C23H37ClOSi. The van der Waals surface area contributed by atoms with Crippen LogP contribution in [0.15, 0.2) is 24.3 Å². The minimum Gasteiger partial charge on any atom is -0.385 e. The van der Waals surface area contributed by atoms with E-state index < -0.39 is 8.80 Å². The Hall–Kier alpha value is -0.313. The molecule has 2 fully saturated rings. The lowest BCUT2D eigenvalue weighted by Gasteiger charge is -2.32. The molecule has 1 aliphatic heterocycles. The molecule has 0 unspecified atom stereocenters. The van der Waals surface area contributed by atoms with Gasteiger partial charge >= 0.3 is 0 Å². The number of methoxy groups -OCH3 is 1. The lowest BCUT2D eigenvalue weighted by molar-refractivity contribution is 0.199. The number of ether oxygens (including phenoxy) is 1. The summed E-state index contributed by atoms with van der Waals surface area (Å²) in [6, 6.07) is 13.3. The summed E-state index contributed by atoms with van der Waals surface area (Å²) in [6.45, 7) is 0.978. The first-order chi connectivity index (χ1) is 12.7. The molecule has 0 aromatic heterocycles. The van der Waals surface area contributed by atoms with Crippen LogP contribution in [0.2, 0.25) is 23.2 Å². The number of hydrogen-bond acceptors (Lipinski definition) is 1. The highest BCUT2D eigenvalue weighted by molar-refractivity contribution is 6.58. The SMILES string of the molecule is COCCC[Si@H]1CC[C@H](CC[C@H]2CC[C@H](c3ccc(Cl)cc3)CC2)CC1. The minimum atomic E-state index is -0.392. The van der Waals surface area contributed by atoms with E-state index in [-0.39, 0.29) is 0 Å². The van der Waals surface area contributed by atoms with Crippen LogP contribution < -0.4 is 0 Å². The van der Waals surface area contributed by atoms with Gasteiger partial charge < -0.3 is 4.74 Å². The smallest absolute Gasteiger partial charge is 0.0459 e. The summed E-state index contributed by atoms with van der Waals surface area (Å²) in [5.74, 6) is 2.82. The van der Waals surface area contributed by atoms with Crippen LogP contribution in [0, 0.1) is 11.8 Å². The first kappa shape index (κ1) is 20.4. The highest BCUT2D eigenvalue weighted by Gasteiger charge is 2.25. The van der Waals surface area contributed by atoms with Gasteiger partial charge in [-0.05, 0) is 67.6 Å². The first-order valence-corrected chi connectivity index (χ1v) is 13.8. The lowest BCUT2D eigenvalue weighted by Crippen LogP contribution is -2.22. The van der Waals surface area contributed by atoms with Crippen LogP contribution >= 0.6 is 11.6 Å². The van der Waals surface area contributed by atoms with Crippen LogP contribution in [0.5, 0.6) is 0 Å². The van der Waals surface area contributed by atoms with Gasteiger partial charge in [0.05, 0.1) is 0 Å². The van der Waals surface area contributed by atoms with E-state index in [1.807, 2.05) is 7.11 Å². The Bertz CT molecular complexity index is 501. The molecule has 1 saturated carbocycles. The largest absolute Gasteiger partial charge is 0.385 e. The number of hydrogen-bond donors (Lipinski definition) is 0. The molecule has 0 amide bonds. The van der Waals surface area contributed by atoms with Gasteiger partial charge in [-0.2, -0.15) is 0 Å². The van der Waals surface area contributed by atoms with Gasteiger partial charge in [-0.25, -0.2) is 0 Å². The van der Waals surface area contributed by atoms with E-state index in [0.29, 0.717) is 0 Å². The van der Waals surface area contributed by atoms with Crippen molar-refractivity contribution in [1.82, 2.24) is 0 Å². The van der Waals surface area contributed by atoms with Crippen molar-refractivity contribution < 1.29 is 4.74 Å². The molecule has 1 nitrogen and oxygen atoms in total. The second-order valence-corrected chi connectivity index (χ2v) is 12.8. The van der Waals surface area contributed by atoms with Crippen molar-refractivity contribution in [2.45, 2.75) is 81.8 Å².